The Labute approximate surface area is 121 Å². The second-order valence-electron chi connectivity index (χ2n) is 5.26. The molecule has 0 radical (unpaired) electrons. The van der Waals surface area contributed by atoms with E-state index in [2.05, 4.69) is 16.0 Å². The molecule has 0 aromatic carbocycles. The van der Waals surface area contributed by atoms with Gasteiger partial charge in [0.15, 0.2) is 0 Å². The molecule has 0 spiro atoms. The van der Waals surface area contributed by atoms with E-state index < -0.39 is 0 Å². The Kier molecular flexibility index (Phi) is 8.22. The van der Waals surface area contributed by atoms with Crippen LogP contribution in [0.5, 0.6) is 0 Å². The molecule has 6 nitrogen and oxygen atoms in total. The number of carbonyl (C=O) groups excluding carboxylic acids is 2. The SMILES string of the molecule is COCCNCCNC(=O)C(NC(C)=O)C1CCCC1. The first-order valence-corrected chi connectivity index (χ1v) is 7.39. The van der Waals surface area contributed by atoms with Crippen LogP contribution in [0.3, 0.4) is 0 Å². The summed E-state index contributed by atoms with van der Waals surface area (Å²) < 4.78 is 4.92. The lowest BCUT2D eigenvalue weighted by atomic mass is 9.97. The van der Waals surface area contributed by atoms with Crippen LogP contribution >= 0.6 is 0 Å². The van der Waals surface area contributed by atoms with Crippen LogP contribution in [0.25, 0.3) is 0 Å². The van der Waals surface area contributed by atoms with Crippen molar-refractivity contribution < 1.29 is 14.3 Å². The van der Waals surface area contributed by atoms with Crippen molar-refractivity contribution in [3.63, 3.8) is 0 Å². The number of nitrogens with one attached hydrogen (secondary N) is 3. The molecule has 2 amide bonds. The largest absolute Gasteiger partial charge is 0.383 e. The van der Waals surface area contributed by atoms with Crippen molar-refractivity contribution >= 4 is 11.8 Å². The molecule has 1 atom stereocenters. The molecule has 0 heterocycles. The van der Waals surface area contributed by atoms with Crippen LogP contribution in [-0.2, 0) is 14.3 Å². The average molecular weight is 285 g/mol. The molecule has 0 saturated heterocycles. The molecule has 1 unspecified atom stereocenters. The maximum Gasteiger partial charge on any atom is 0.242 e. The van der Waals surface area contributed by atoms with Crippen molar-refractivity contribution in [3.05, 3.63) is 0 Å². The molecule has 0 aliphatic heterocycles. The van der Waals surface area contributed by atoms with Gasteiger partial charge < -0.3 is 20.7 Å². The average Bonchev–Trinajstić information content (AvgIpc) is 2.93. The van der Waals surface area contributed by atoms with Gasteiger partial charge >= 0.3 is 0 Å². The molecule has 3 N–H and O–H groups in total. The number of amides is 2. The summed E-state index contributed by atoms with van der Waals surface area (Å²) in [5.41, 5.74) is 0. The van der Waals surface area contributed by atoms with Crippen LogP contribution in [0.4, 0.5) is 0 Å². The van der Waals surface area contributed by atoms with Gasteiger partial charge in [-0.05, 0) is 18.8 Å². The molecule has 20 heavy (non-hydrogen) atoms. The van der Waals surface area contributed by atoms with E-state index >= 15 is 0 Å². The van der Waals surface area contributed by atoms with Crippen LogP contribution in [-0.4, -0.2) is 51.2 Å². The van der Waals surface area contributed by atoms with Crippen LogP contribution in [0.2, 0.25) is 0 Å². The highest BCUT2D eigenvalue weighted by Gasteiger charge is 2.30. The summed E-state index contributed by atoms with van der Waals surface area (Å²) in [6.07, 6.45) is 4.33. The van der Waals surface area contributed by atoms with Crippen LogP contribution < -0.4 is 16.0 Å². The maximum atomic E-state index is 12.2. The van der Waals surface area contributed by atoms with Crippen LogP contribution in [0.1, 0.15) is 32.6 Å². The van der Waals surface area contributed by atoms with E-state index in [4.69, 9.17) is 4.74 Å². The van der Waals surface area contributed by atoms with E-state index in [-0.39, 0.29) is 23.8 Å². The van der Waals surface area contributed by atoms with Gasteiger partial charge in [-0.1, -0.05) is 12.8 Å². The fourth-order valence-electron chi connectivity index (χ4n) is 2.59. The van der Waals surface area contributed by atoms with Crippen molar-refractivity contribution in [1.82, 2.24) is 16.0 Å². The first-order chi connectivity index (χ1) is 9.65. The summed E-state index contributed by atoms with van der Waals surface area (Å²) in [5, 5.41) is 8.84. The van der Waals surface area contributed by atoms with Crippen LogP contribution in [0.15, 0.2) is 0 Å². The molecule has 1 fully saturated rings. The van der Waals surface area contributed by atoms with Crippen molar-refractivity contribution in [2.24, 2.45) is 5.92 Å². The first-order valence-electron chi connectivity index (χ1n) is 7.39. The molecule has 1 aliphatic rings. The highest BCUT2D eigenvalue weighted by Crippen LogP contribution is 2.27. The second-order valence-corrected chi connectivity index (χ2v) is 5.26. The third kappa shape index (κ3) is 6.34. The summed E-state index contributed by atoms with van der Waals surface area (Å²) in [6, 6.07) is -0.381. The summed E-state index contributed by atoms with van der Waals surface area (Å²) in [6.45, 7) is 4.15. The highest BCUT2D eigenvalue weighted by molar-refractivity contribution is 5.87. The number of methoxy groups -OCH3 is 1. The standard InChI is InChI=1S/C14H27N3O3/c1-11(18)17-13(12-5-3-4-6-12)14(19)16-8-7-15-9-10-20-2/h12-13,15H,3-10H2,1-2H3,(H,16,19)(H,17,18). The zero-order valence-electron chi connectivity index (χ0n) is 12.5. The lowest BCUT2D eigenvalue weighted by Gasteiger charge is -2.23. The van der Waals surface area contributed by atoms with Crippen LogP contribution in [0, 0.1) is 5.92 Å². The second kappa shape index (κ2) is 9.72. The summed E-state index contributed by atoms with van der Waals surface area (Å²) in [5.74, 6) is 0.0660. The zero-order chi connectivity index (χ0) is 14.8. The molecule has 0 bridgehead atoms. The fourth-order valence-corrected chi connectivity index (χ4v) is 2.59. The Balaban J connectivity index is 2.29. The minimum atomic E-state index is -0.381. The van der Waals surface area contributed by atoms with Gasteiger partial charge in [0.25, 0.3) is 0 Å². The molecule has 0 aromatic rings. The quantitative estimate of drug-likeness (QED) is 0.522. The lowest BCUT2D eigenvalue weighted by Crippen LogP contribution is -2.50. The van der Waals surface area contributed by atoms with Gasteiger partial charge in [0.05, 0.1) is 6.61 Å². The predicted molar refractivity (Wildman–Crippen MR) is 77.3 cm³/mol. The van der Waals surface area contributed by atoms with E-state index in [1.807, 2.05) is 0 Å². The minimum absolute atomic E-state index is 0.0689. The number of ether oxygens (including phenoxy) is 1. The number of rotatable bonds is 9. The summed E-state index contributed by atoms with van der Waals surface area (Å²) in [7, 11) is 1.66. The maximum absolute atomic E-state index is 12.2. The van der Waals surface area contributed by atoms with Gasteiger partial charge in [-0.2, -0.15) is 0 Å². The Morgan fingerprint density at radius 3 is 2.50 bits per heavy atom. The Morgan fingerprint density at radius 2 is 1.90 bits per heavy atom. The van der Waals surface area contributed by atoms with Crippen molar-refractivity contribution in [1.29, 1.82) is 0 Å². The van der Waals surface area contributed by atoms with Gasteiger partial charge in [-0.15, -0.1) is 0 Å². The monoisotopic (exact) mass is 285 g/mol. The normalized spacial score (nSPS) is 16.9. The van der Waals surface area contributed by atoms with Crippen molar-refractivity contribution in [2.45, 2.75) is 38.6 Å². The van der Waals surface area contributed by atoms with Gasteiger partial charge in [-0.25, -0.2) is 0 Å². The minimum Gasteiger partial charge on any atom is -0.383 e. The zero-order valence-corrected chi connectivity index (χ0v) is 12.5. The van der Waals surface area contributed by atoms with E-state index in [1.54, 1.807) is 7.11 Å². The first kappa shape index (κ1) is 16.9. The Hall–Kier alpha value is -1.14. The van der Waals surface area contributed by atoms with E-state index in [9.17, 15) is 9.59 Å². The van der Waals surface area contributed by atoms with E-state index in [0.29, 0.717) is 19.7 Å². The van der Waals surface area contributed by atoms with E-state index in [1.165, 1.54) is 6.92 Å². The number of hydrogen-bond donors (Lipinski definition) is 3. The Morgan fingerprint density at radius 1 is 1.20 bits per heavy atom. The molecular formula is C14H27N3O3. The van der Waals surface area contributed by atoms with Gasteiger partial charge in [-0.3, -0.25) is 9.59 Å². The lowest BCUT2D eigenvalue weighted by molar-refractivity contribution is -0.129. The van der Waals surface area contributed by atoms with Gasteiger partial charge in [0.2, 0.25) is 11.8 Å². The summed E-state index contributed by atoms with van der Waals surface area (Å²) in [4.78, 5) is 23.4. The molecule has 1 aliphatic carbocycles. The molecule has 1 saturated carbocycles. The number of hydrogen-bond acceptors (Lipinski definition) is 4. The fraction of sp³-hybridized carbons (Fsp3) is 0.857. The topological polar surface area (TPSA) is 79.5 Å². The van der Waals surface area contributed by atoms with Gasteiger partial charge in [0.1, 0.15) is 6.04 Å². The Bertz CT molecular complexity index is 304. The molecule has 6 heteroatoms. The smallest absolute Gasteiger partial charge is 0.242 e. The summed E-state index contributed by atoms with van der Waals surface area (Å²) >= 11 is 0. The predicted octanol–water partition coefficient (Wildman–Crippen LogP) is 0.0335. The molecule has 0 aromatic heterocycles. The van der Waals surface area contributed by atoms with Crippen molar-refractivity contribution in [3.8, 4) is 0 Å². The molecular weight excluding hydrogens is 258 g/mol. The van der Waals surface area contributed by atoms with Crippen molar-refractivity contribution in [2.75, 3.05) is 33.4 Å². The van der Waals surface area contributed by atoms with Gasteiger partial charge in [0, 0.05) is 33.7 Å². The number of carbonyl (C=O) groups is 2. The molecule has 1 rings (SSSR count). The third-order valence-electron chi connectivity index (χ3n) is 3.60. The third-order valence-corrected chi connectivity index (χ3v) is 3.60. The highest BCUT2D eigenvalue weighted by atomic mass is 16.5. The molecule has 116 valence electrons. The van der Waals surface area contributed by atoms with E-state index in [0.717, 1.165) is 32.2 Å².